The molecule has 1 amide bonds. The van der Waals surface area contributed by atoms with Crippen molar-refractivity contribution in [2.24, 2.45) is 5.92 Å². The van der Waals surface area contributed by atoms with Crippen molar-refractivity contribution in [1.82, 2.24) is 9.88 Å². The summed E-state index contributed by atoms with van der Waals surface area (Å²) in [5.41, 5.74) is 1.90. The van der Waals surface area contributed by atoms with Crippen LogP contribution in [0.1, 0.15) is 41.2 Å². The zero-order valence-corrected chi connectivity index (χ0v) is 13.0. The van der Waals surface area contributed by atoms with Crippen LogP contribution >= 0.6 is 0 Å². The number of carboxylic acid groups (broad SMARTS) is 1. The molecule has 0 radical (unpaired) electrons. The molecule has 2 aliphatic rings. The molecule has 1 atom stereocenters. The summed E-state index contributed by atoms with van der Waals surface area (Å²) in [6.45, 7) is 0.611. The Morgan fingerprint density at radius 1 is 1.21 bits per heavy atom. The second-order valence-electron chi connectivity index (χ2n) is 6.61. The monoisotopic (exact) mass is 328 g/mol. The van der Waals surface area contributed by atoms with Gasteiger partial charge in [-0.1, -0.05) is 0 Å². The van der Waals surface area contributed by atoms with Crippen molar-refractivity contribution in [3.8, 4) is 0 Å². The number of amides is 1. The van der Waals surface area contributed by atoms with Crippen LogP contribution in [0.4, 0.5) is 4.39 Å². The fourth-order valence-corrected chi connectivity index (χ4v) is 3.30. The molecule has 2 heterocycles. The third kappa shape index (κ3) is 2.62. The molecule has 24 heavy (non-hydrogen) atoms. The fourth-order valence-electron chi connectivity index (χ4n) is 3.30. The number of fused-ring (bicyclic) bond motifs is 1. The van der Waals surface area contributed by atoms with Crippen LogP contribution in [0.5, 0.6) is 0 Å². The minimum atomic E-state index is -0.880. The zero-order valence-electron chi connectivity index (χ0n) is 13.0. The number of aliphatic carboxylic acids is 1. The maximum absolute atomic E-state index is 13.7. The van der Waals surface area contributed by atoms with E-state index in [1.165, 1.54) is 12.1 Å². The minimum absolute atomic E-state index is 0.200. The molecule has 2 fully saturated rings. The predicted octanol–water partition coefficient (Wildman–Crippen LogP) is 2.80. The average Bonchev–Trinajstić information content (AvgIpc) is 3.29. The zero-order chi connectivity index (χ0) is 16.8. The summed E-state index contributed by atoms with van der Waals surface area (Å²) in [6.07, 6.45) is 2.56. The normalized spacial score (nSPS) is 20.5. The Balaban J connectivity index is 1.75. The van der Waals surface area contributed by atoms with Gasteiger partial charge in [0.25, 0.3) is 5.91 Å². The Hall–Kier alpha value is -2.50. The number of likely N-dealkylation sites (tertiary alicyclic amines) is 1. The smallest absolute Gasteiger partial charge is 0.308 e. The molecule has 0 spiro atoms. The molecule has 2 aromatic rings. The van der Waals surface area contributed by atoms with Gasteiger partial charge in [0.05, 0.1) is 17.0 Å². The van der Waals surface area contributed by atoms with E-state index in [0.29, 0.717) is 35.3 Å². The first-order valence-electron chi connectivity index (χ1n) is 8.15. The van der Waals surface area contributed by atoms with E-state index in [0.717, 1.165) is 18.5 Å². The molecule has 5 nitrogen and oxygen atoms in total. The number of pyridine rings is 1. The lowest BCUT2D eigenvalue weighted by Gasteiger charge is -2.18. The summed E-state index contributed by atoms with van der Waals surface area (Å²) >= 11 is 0. The van der Waals surface area contributed by atoms with Gasteiger partial charge in [-0.25, -0.2) is 4.39 Å². The largest absolute Gasteiger partial charge is 0.481 e. The maximum atomic E-state index is 13.7. The molecule has 1 aliphatic carbocycles. The lowest BCUT2D eigenvalue weighted by molar-refractivity contribution is -0.141. The van der Waals surface area contributed by atoms with Crippen LogP contribution in [0.3, 0.4) is 0 Å². The highest BCUT2D eigenvalue weighted by atomic mass is 19.1. The number of rotatable bonds is 3. The molecule has 1 aromatic heterocycles. The van der Waals surface area contributed by atoms with E-state index in [2.05, 4.69) is 4.98 Å². The number of hydrogen-bond acceptors (Lipinski definition) is 3. The van der Waals surface area contributed by atoms with E-state index >= 15 is 0 Å². The van der Waals surface area contributed by atoms with Crippen LogP contribution < -0.4 is 0 Å². The topological polar surface area (TPSA) is 70.5 Å². The summed E-state index contributed by atoms with van der Waals surface area (Å²) in [7, 11) is 0. The van der Waals surface area contributed by atoms with Crippen molar-refractivity contribution in [1.29, 1.82) is 0 Å². The summed E-state index contributed by atoms with van der Waals surface area (Å²) < 4.78 is 13.7. The van der Waals surface area contributed by atoms with Gasteiger partial charge in [0.2, 0.25) is 0 Å². The summed E-state index contributed by atoms with van der Waals surface area (Å²) in [6, 6.07) is 6.03. The van der Waals surface area contributed by atoms with Crippen LogP contribution in [0.25, 0.3) is 10.9 Å². The Kier molecular flexibility index (Phi) is 3.48. The van der Waals surface area contributed by atoms with Gasteiger partial charge in [-0.05, 0) is 43.5 Å². The molecule has 1 aromatic carbocycles. The Labute approximate surface area is 138 Å². The van der Waals surface area contributed by atoms with Crippen molar-refractivity contribution < 1.29 is 19.1 Å². The molecule has 1 saturated heterocycles. The number of hydrogen-bond donors (Lipinski definition) is 1. The molecule has 1 N–H and O–H groups in total. The number of carbonyl (C=O) groups is 2. The SMILES string of the molecule is O=C(O)[C@@H]1CCN(C(=O)c2cc(C3CC3)nc3ccc(F)cc23)C1. The molecule has 0 bridgehead atoms. The van der Waals surface area contributed by atoms with Crippen molar-refractivity contribution in [2.45, 2.75) is 25.2 Å². The second-order valence-corrected chi connectivity index (χ2v) is 6.61. The molecule has 1 saturated carbocycles. The second kappa shape index (κ2) is 5.54. The van der Waals surface area contributed by atoms with E-state index in [9.17, 15) is 14.0 Å². The lowest BCUT2D eigenvalue weighted by Crippen LogP contribution is -2.30. The Morgan fingerprint density at radius 2 is 2.00 bits per heavy atom. The highest BCUT2D eigenvalue weighted by Gasteiger charge is 2.33. The molecule has 1 aliphatic heterocycles. The van der Waals surface area contributed by atoms with Gasteiger partial charge in [0.1, 0.15) is 5.82 Å². The Morgan fingerprint density at radius 3 is 2.67 bits per heavy atom. The Bertz CT molecular complexity index is 848. The number of carboxylic acids is 1. The fraction of sp³-hybridized carbons (Fsp3) is 0.389. The summed E-state index contributed by atoms with van der Waals surface area (Å²) in [4.78, 5) is 30.1. The molecule has 0 unspecified atom stereocenters. The highest BCUT2D eigenvalue weighted by Crippen LogP contribution is 2.40. The molecule has 6 heteroatoms. The van der Waals surface area contributed by atoms with Crippen molar-refractivity contribution in [3.05, 3.63) is 41.3 Å². The average molecular weight is 328 g/mol. The number of carbonyl (C=O) groups excluding carboxylic acids is 1. The third-order valence-corrected chi connectivity index (χ3v) is 4.84. The van der Waals surface area contributed by atoms with Crippen molar-refractivity contribution in [3.63, 3.8) is 0 Å². The first kappa shape index (κ1) is 15.1. The van der Waals surface area contributed by atoms with Crippen LogP contribution in [0.15, 0.2) is 24.3 Å². The molecular weight excluding hydrogens is 311 g/mol. The lowest BCUT2D eigenvalue weighted by atomic mass is 10.0. The third-order valence-electron chi connectivity index (χ3n) is 4.84. The van der Waals surface area contributed by atoms with E-state index in [1.807, 2.05) is 0 Å². The van der Waals surface area contributed by atoms with Crippen LogP contribution in [0.2, 0.25) is 0 Å². The molecule has 4 rings (SSSR count). The maximum Gasteiger partial charge on any atom is 0.308 e. The number of aromatic nitrogens is 1. The standard InChI is InChI=1S/C18H17FN2O3/c19-12-3-4-15-13(7-12)14(8-16(20-15)10-1-2-10)17(22)21-6-5-11(9-21)18(23)24/h3-4,7-8,10-11H,1-2,5-6,9H2,(H,23,24)/t11-/m1/s1. The van der Waals surface area contributed by atoms with Crippen LogP contribution in [0, 0.1) is 11.7 Å². The number of halogens is 1. The minimum Gasteiger partial charge on any atom is -0.481 e. The van der Waals surface area contributed by atoms with Gasteiger partial charge in [0.15, 0.2) is 0 Å². The van der Waals surface area contributed by atoms with Gasteiger partial charge in [-0.2, -0.15) is 0 Å². The van der Waals surface area contributed by atoms with Crippen molar-refractivity contribution in [2.75, 3.05) is 13.1 Å². The first-order valence-corrected chi connectivity index (χ1v) is 8.15. The van der Waals surface area contributed by atoms with Gasteiger partial charge in [-0.15, -0.1) is 0 Å². The summed E-state index contributed by atoms with van der Waals surface area (Å²) in [5.74, 6) is -1.69. The highest BCUT2D eigenvalue weighted by molar-refractivity contribution is 6.06. The number of nitrogens with zero attached hydrogens (tertiary/aromatic N) is 2. The van der Waals surface area contributed by atoms with Crippen LogP contribution in [-0.4, -0.2) is 40.0 Å². The van der Waals surface area contributed by atoms with E-state index in [1.54, 1.807) is 17.0 Å². The van der Waals surface area contributed by atoms with Gasteiger partial charge >= 0.3 is 5.97 Å². The van der Waals surface area contributed by atoms with Crippen molar-refractivity contribution >= 4 is 22.8 Å². The van der Waals surface area contributed by atoms with Gasteiger partial charge in [-0.3, -0.25) is 14.6 Å². The first-order chi connectivity index (χ1) is 11.5. The molecule has 124 valence electrons. The summed E-state index contributed by atoms with van der Waals surface area (Å²) in [5, 5.41) is 9.61. The van der Waals surface area contributed by atoms with Crippen LogP contribution in [-0.2, 0) is 4.79 Å². The number of benzene rings is 1. The van der Waals surface area contributed by atoms with E-state index in [-0.39, 0.29) is 12.5 Å². The van der Waals surface area contributed by atoms with Gasteiger partial charge in [0, 0.05) is 30.1 Å². The van der Waals surface area contributed by atoms with E-state index in [4.69, 9.17) is 5.11 Å². The molecular formula is C18H17FN2O3. The quantitative estimate of drug-likeness (QED) is 0.940. The van der Waals surface area contributed by atoms with Gasteiger partial charge < -0.3 is 10.0 Å². The predicted molar refractivity (Wildman–Crippen MR) is 85.3 cm³/mol. The van der Waals surface area contributed by atoms with E-state index < -0.39 is 17.7 Å².